The summed E-state index contributed by atoms with van der Waals surface area (Å²) in [4.78, 5) is 0. The Labute approximate surface area is 150 Å². The van der Waals surface area contributed by atoms with E-state index in [1.54, 1.807) is 0 Å². The Morgan fingerprint density at radius 3 is 0.167 bits per heavy atom. The third kappa shape index (κ3) is 3600. The highest BCUT2D eigenvalue weighted by atomic mass is 31.2. The molecule has 0 radical (unpaired) electrons. The van der Waals surface area contributed by atoms with Crippen LogP contribution in [-0.4, -0.2) is 0 Å². The second-order valence-electron chi connectivity index (χ2n) is 2.68. The Balaban J connectivity index is -0.0000000405. The Bertz CT molecular complexity index is 94.5. The van der Waals surface area contributed by atoms with Crippen molar-refractivity contribution in [3.05, 3.63) is 0 Å². The largest absolute Gasteiger partial charge is 0.285 e. The molecule has 0 aromatic rings. The zero-order valence-electron chi connectivity index (χ0n) is 13.1. The second-order valence-corrected chi connectivity index (χ2v) is 8.05. The van der Waals surface area contributed by atoms with Crippen molar-refractivity contribution in [2.45, 2.75) is 0 Å². The summed E-state index contributed by atoms with van der Waals surface area (Å²) < 4.78 is 0. The summed E-state index contributed by atoms with van der Waals surface area (Å²) in [5.41, 5.74) is 85.2. The molecule has 0 fully saturated rings. The number of hydrogen-bond acceptors (Lipinski definition) is 18. The first-order chi connectivity index (χ1) is 10.4. The van der Waals surface area contributed by atoms with Crippen LogP contribution in [0.3, 0.4) is 0 Å². The number of rotatable bonds is 0. The van der Waals surface area contributed by atoms with Gasteiger partial charge < -0.3 is 0 Å². The van der Waals surface area contributed by atoms with E-state index in [0.29, 0.717) is 0 Å². The molecule has 0 aliphatic rings. The van der Waals surface area contributed by atoms with Gasteiger partial charge in [0.1, 0.15) is 50.2 Å². The predicted molar refractivity (Wildman–Crippen MR) is 117 cm³/mol. The molecule has 0 spiro atoms. The molecule has 0 rings (SSSR count). The molecular formula is H36N18P6. The van der Waals surface area contributed by atoms with Crippen molar-refractivity contribution >= 4 is 50.2 Å². The highest BCUT2D eigenvalue weighted by Crippen LogP contribution is 1.91. The molecular weight excluding hydrogens is 438 g/mol. The van der Waals surface area contributed by atoms with E-state index in [4.69, 9.17) is 99.1 Å². The summed E-state index contributed by atoms with van der Waals surface area (Å²) in [7, 11) is -6.72. The Morgan fingerprint density at radius 1 is 0.167 bits per heavy atom. The minimum absolute atomic E-state index is 1.12. The van der Waals surface area contributed by atoms with Gasteiger partial charge in [-0.2, -0.15) is 0 Å². The molecule has 0 bridgehead atoms. The zero-order chi connectivity index (χ0) is 21.5. The molecule has 0 heterocycles. The van der Waals surface area contributed by atoms with Crippen molar-refractivity contribution in [1.29, 1.82) is 0 Å². The maximum atomic E-state index is 4.73. The van der Waals surface area contributed by atoms with E-state index in [0.717, 1.165) is 0 Å². The fraction of sp³-hybridized carbons (Fsp3) is 0. The van der Waals surface area contributed by atoms with Crippen LogP contribution in [0.1, 0.15) is 0 Å². The van der Waals surface area contributed by atoms with Crippen molar-refractivity contribution in [3.63, 3.8) is 0 Å². The van der Waals surface area contributed by atoms with Gasteiger partial charge >= 0.3 is 0 Å². The molecule has 0 aromatic carbocycles. The van der Waals surface area contributed by atoms with Gasteiger partial charge in [0.2, 0.25) is 0 Å². The van der Waals surface area contributed by atoms with Crippen LogP contribution in [0.25, 0.3) is 0 Å². The second kappa shape index (κ2) is 35.9. The van der Waals surface area contributed by atoms with Crippen LogP contribution >= 0.6 is 50.2 Å². The van der Waals surface area contributed by atoms with Crippen molar-refractivity contribution in [1.82, 2.24) is 0 Å². The molecule has 0 atom stereocenters. The van der Waals surface area contributed by atoms with E-state index >= 15 is 0 Å². The topological polar surface area (TPSA) is 468 Å². The van der Waals surface area contributed by atoms with Crippen LogP contribution in [0, 0.1) is 0 Å². The lowest BCUT2D eigenvalue weighted by Gasteiger charge is -1.83. The molecule has 0 amide bonds. The Morgan fingerprint density at radius 2 is 0.167 bits per heavy atom. The molecule has 36 N–H and O–H groups in total. The molecule has 0 unspecified atom stereocenters. The van der Waals surface area contributed by atoms with Gasteiger partial charge in [-0.1, -0.05) is 0 Å². The van der Waals surface area contributed by atoms with Crippen molar-refractivity contribution in [2.75, 3.05) is 0 Å². The first-order valence-electron chi connectivity index (χ1n) is 4.65. The summed E-state index contributed by atoms with van der Waals surface area (Å²) in [6.45, 7) is 0. The molecule has 0 aliphatic heterocycles. The van der Waals surface area contributed by atoms with E-state index in [1.165, 1.54) is 0 Å². The summed E-state index contributed by atoms with van der Waals surface area (Å²) in [5, 5.41) is 0. The van der Waals surface area contributed by atoms with E-state index in [1.807, 2.05) is 0 Å². The van der Waals surface area contributed by atoms with Gasteiger partial charge in [0.15, 0.2) is 0 Å². The highest BCUT2D eigenvalue weighted by Gasteiger charge is 1.67. The predicted octanol–water partition coefficient (Wildman–Crippen LogP) is -5.46. The molecule has 0 aromatic heterocycles. The van der Waals surface area contributed by atoms with Crippen LogP contribution < -0.4 is 99.1 Å². The van der Waals surface area contributed by atoms with Crippen molar-refractivity contribution < 1.29 is 0 Å². The lowest BCUT2D eigenvalue weighted by Crippen LogP contribution is -2.05. The zero-order valence-corrected chi connectivity index (χ0v) is 18.4. The lowest BCUT2D eigenvalue weighted by molar-refractivity contribution is 1.69. The van der Waals surface area contributed by atoms with Gasteiger partial charge in [0.05, 0.1) is 0 Å². The highest BCUT2D eigenvalue weighted by molar-refractivity contribution is 7.50. The summed E-state index contributed by atoms with van der Waals surface area (Å²) in [6, 6.07) is 0. The number of hydrogen-bond donors (Lipinski definition) is 18. The van der Waals surface area contributed by atoms with Gasteiger partial charge in [0.25, 0.3) is 0 Å². The summed E-state index contributed by atoms with van der Waals surface area (Å²) in [5.74, 6) is 0. The maximum absolute atomic E-state index is 4.73. The molecule has 0 aliphatic carbocycles. The molecule has 156 valence electrons. The fourth-order valence-electron chi connectivity index (χ4n) is 0. The summed E-state index contributed by atoms with van der Waals surface area (Å²) >= 11 is 0. The van der Waals surface area contributed by atoms with Gasteiger partial charge in [0, 0.05) is 0 Å². The number of nitrogens with two attached hydrogens (primary N) is 18. The van der Waals surface area contributed by atoms with Crippen LogP contribution in [0.5, 0.6) is 0 Å². The molecule has 18 nitrogen and oxygen atoms in total. The molecule has 0 saturated carbocycles. The molecule has 24 heavy (non-hydrogen) atoms. The molecule has 24 heteroatoms. The lowest BCUT2D eigenvalue weighted by atomic mass is 13.8. The van der Waals surface area contributed by atoms with Gasteiger partial charge in [-0.05, 0) is 0 Å². The quantitative estimate of drug-likeness (QED) is 0.145. The maximum Gasteiger partial charge on any atom is 0.103 e. The summed E-state index contributed by atoms with van der Waals surface area (Å²) in [6.07, 6.45) is 0. The normalized spacial score (nSPS) is 9.00. The average molecular weight is 474 g/mol. The van der Waals surface area contributed by atoms with Crippen LogP contribution in [0.2, 0.25) is 0 Å². The van der Waals surface area contributed by atoms with Gasteiger partial charge in [-0.15, -0.1) is 0 Å². The Hall–Kier alpha value is 1.86. The monoisotopic (exact) mass is 474 g/mol. The van der Waals surface area contributed by atoms with E-state index in [9.17, 15) is 0 Å². The minimum atomic E-state index is -1.12. The van der Waals surface area contributed by atoms with Gasteiger partial charge in [-0.3, -0.25) is 99.1 Å². The van der Waals surface area contributed by atoms with Crippen LogP contribution in [-0.2, 0) is 0 Å². The van der Waals surface area contributed by atoms with Crippen molar-refractivity contribution in [2.24, 2.45) is 99.1 Å². The van der Waals surface area contributed by atoms with E-state index in [-0.39, 0.29) is 0 Å². The smallest absolute Gasteiger partial charge is 0.103 e. The standard InChI is InChI=1S/6H6N3P/c6*1-4(2)3/h6*1-3H2. The third-order valence-corrected chi connectivity index (χ3v) is 0. The van der Waals surface area contributed by atoms with Gasteiger partial charge in [-0.25, -0.2) is 0 Å². The van der Waals surface area contributed by atoms with E-state index in [2.05, 4.69) is 0 Å². The van der Waals surface area contributed by atoms with Crippen LogP contribution in [0.4, 0.5) is 0 Å². The first kappa shape index (κ1) is 40.5. The Kier molecular flexibility index (Phi) is 60.6. The van der Waals surface area contributed by atoms with Crippen LogP contribution in [0.15, 0.2) is 0 Å². The molecule has 0 saturated heterocycles. The third-order valence-electron chi connectivity index (χ3n) is 0. The first-order valence-corrected chi connectivity index (χ1v) is 13.9. The minimum Gasteiger partial charge on any atom is -0.285 e. The van der Waals surface area contributed by atoms with E-state index < -0.39 is 50.2 Å². The average Bonchev–Trinajstić information content (AvgIpc) is 2.08. The fourth-order valence-corrected chi connectivity index (χ4v) is 0. The van der Waals surface area contributed by atoms with Crippen molar-refractivity contribution in [3.8, 4) is 0 Å². The SMILES string of the molecule is NP(N)N.NP(N)N.NP(N)N.NP(N)N.NP(N)N.NP(N)N.